The lowest BCUT2D eigenvalue weighted by Crippen LogP contribution is -2.67. The number of aryl methyl sites for hydroxylation is 1. The molecule has 5 heteroatoms. The quantitative estimate of drug-likeness (QED) is 0.835. The molecule has 134 valence electrons. The average Bonchev–Trinajstić information content (AvgIpc) is 2.66. The molecule has 2 heterocycles. The van der Waals surface area contributed by atoms with E-state index in [0.717, 1.165) is 45.2 Å². The first-order valence-corrected chi connectivity index (χ1v) is 9.45. The van der Waals surface area contributed by atoms with Crippen molar-refractivity contribution in [2.75, 3.05) is 33.2 Å². The SMILES string of the molecule is CN1CCNC(=O)C12CCN(C(=O)C1CCc3ccccc3C1)CC2. The predicted octanol–water partition coefficient (Wildman–Crippen LogP) is 1.21. The molecule has 1 N–H and O–H groups in total. The maximum absolute atomic E-state index is 13.0. The summed E-state index contributed by atoms with van der Waals surface area (Å²) in [5.41, 5.74) is 2.31. The number of fused-ring (bicyclic) bond motifs is 1. The molecule has 4 rings (SSSR count). The van der Waals surface area contributed by atoms with E-state index in [4.69, 9.17) is 0 Å². The second-order valence-electron chi connectivity index (χ2n) is 7.74. The molecule has 1 aromatic carbocycles. The van der Waals surface area contributed by atoms with E-state index >= 15 is 0 Å². The highest BCUT2D eigenvalue weighted by Gasteiger charge is 2.47. The molecule has 1 unspecified atom stereocenters. The predicted molar refractivity (Wildman–Crippen MR) is 96.1 cm³/mol. The smallest absolute Gasteiger partial charge is 0.240 e. The largest absolute Gasteiger partial charge is 0.353 e. The van der Waals surface area contributed by atoms with Gasteiger partial charge in [0.2, 0.25) is 11.8 Å². The van der Waals surface area contributed by atoms with E-state index in [-0.39, 0.29) is 17.7 Å². The van der Waals surface area contributed by atoms with Crippen molar-refractivity contribution in [3.05, 3.63) is 35.4 Å². The molecule has 2 amide bonds. The van der Waals surface area contributed by atoms with E-state index in [1.807, 2.05) is 11.9 Å². The summed E-state index contributed by atoms with van der Waals surface area (Å²) in [6.07, 6.45) is 4.28. The minimum atomic E-state index is -0.409. The number of nitrogens with one attached hydrogen (secondary N) is 1. The number of likely N-dealkylation sites (N-methyl/N-ethyl adjacent to an activating group) is 1. The van der Waals surface area contributed by atoms with Gasteiger partial charge in [-0.2, -0.15) is 0 Å². The van der Waals surface area contributed by atoms with Crippen LogP contribution < -0.4 is 5.32 Å². The summed E-state index contributed by atoms with van der Waals surface area (Å²) in [6.45, 7) is 2.99. The number of likely N-dealkylation sites (tertiary alicyclic amines) is 1. The van der Waals surface area contributed by atoms with E-state index < -0.39 is 5.54 Å². The topological polar surface area (TPSA) is 52.7 Å². The summed E-state index contributed by atoms with van der Waals surface area (Å²) >= 11 is 0. The Morgan fingerprint density at radius 1 is 1.16 bits per heavy atom. The zero-order valence-corrected chi connectivity index (χ0v) is 15.0. The number of piperazine rings is 1. The van der Waals surface area contributed by atoms with Crippen molar-refractivity contribution in [2.45, 2.75) is 37.6 Å². The van der Waals surface area contributed by atoms with Gasteiger partial charge in [-0.05, 0) is 50.3 Å². The number of hydrogen-bond donors (Lipinski definition) is 1. The fourth-order valence-corrected chi connectivity index (χ4v) is 4.76. The zero-order chi connectivity index (χ0) is 17.4. The number of amides is 2. The average molecular weight is 341 g/mol. The van der Waals surface area contributed by atoms with Gasteiger partial charge in [0, 0.05) is 32.1 Å². The number of rotatable bonds is 1. The molecule has 1 atom stereocenters. The van der Waals surface area contributed by atoms with Crippen molar-refractivity contribution in [1.29, 1.82) is 0 Å². The van der Waals surface area contributed by atoms with Crippen molar-refractivity contribution >= 4 is 11.8 Å². The number of benzene rings is 1. The van der Waals surface area contributed by atoms with Gasteiger partial charge in [0.25, 0.3) is 0 Å². The lowest BCUT2D eigenvalue weighted by atomic mass is 9.81. The Kier molecular flexibility index (Phi) is 4.28. The van der Waals surface area contributed by atoms with Gasteiger partial charge in [-0.25, -0.2) is 0 Å². The highest BCUT2D eigenvalue weighted by atomic mass is 16.2. The first kappa shape index (κ1) is 16.6. The number of nitrogens with zero attached hydrogens (tertiary/aromatic N) is 2. The second kappa shape index (κ2) is 6.45. The van der Waals surface area contributed by atoms with Crippen molar-refractivity contribution < 1.29 is 9.59 Å². The van der Waals surface area contributed by atoms with E-state index in [2.05, 4.69) is 34.5 Å². The molecule has 1 aliphatic carbocycles. The van der Waals surface area contributed by atoms with Crippen LogP contribution in [0.3, 0.4) is 0 Å². The number of carbonyl (C=O) groups excluding carboxylic acids is 2. The van der Waals surface area contributed by atoms with Gasteiger partial charge in [-0.1, -0.05) is 24.3 Å². The van der Waals surface area contributed by atoms with Crippen LogP contribution in [0.4, 0.5) is 0 Å². The second-order valence-corrected chi connectivity index (χ2v) is 7.74. The Labute approximate surface area is 149 Å². The maximum atomic E-state index is 13.0. The molecule has 2 saturated heterocycles. The minimum absolute atomic E-state index is 0.0989. The lowest BCUT2D eigenvalue weighted by Gasteiger charge is -2.49. The van der Waals surface area contributed by atoms with Crippen LogP contribution in [0.5, 0.6) is 0 Å². The van der Waals surface area contributed by atoms with Gasteiger partial charge in [0.1, 0.15) is 5.54 Å². The van der Waals surface area contributed by atoms with E-state index in [1.54, 1.807) is 0 Å². The summed E-state index contributed by atoms with van der Waals surface area (Å²) in [4.78, 5) is 29.6. The van der Waals surface area contributed by atoms with Crippen LogP contribution >= 0.6 is 0 Å². The molecule has 0 aromatic heterocycles. The van der Waals surface area contributed by atoms with Gasteiger partial charge in [-0.3, -0.25) is 14.5 Å². The summed E-state index contributed by atoms with van der Waals surface area (Å²) < 4.78 is 0. The molecule has 0 radical (unpaired) electrons. The minimum Gasteiger partial charge on any atom is -0.353 e. The lowest BCUT2D eigenvalue weighted by molar-refractivity contribution is -0.147. The normalized spacial score (nSPS) is 26.2. The molecule has 0 saturated carbocycles. The highest BCUT2D eigenvalue weighted by molar-refractivity contribution is 5.88. The first-order chi connectivity index (χ1) is 12.1. The third-order valence-electron chi connectivity index (χ3n) is 6.48. The third-order valence-corrected chi connectivity index (χ3v) is 6.48. The van der Waals surface area contributed by atoms with Gasteiger partial charge in [-0.15, -0.1) is 0 Å². The van der Waals surface area contributed by atoms with Crippen LogP contribution in [-0.4, -0.2) is 60.4 Å². The van der Waals surface area contributed by atoms with E-state index in [1.165, 1.54) is 11.1 Å². The van der Waals surface area contributed by atoms with Gasteiger partial charge < -0.3 is 10.2 Å². The van der Waals surface area contributed by atoms with Gasteiger partial charge >= 0.3 is 0 Å². The summed E-state index contributed by atoms with van der Waals surface area (Å²) in [5.74, 6) is 0.519. The van der Waals surface area contributed by atoms with E-state index in [9.17, 15) is 9.59 Å². The molecule has 2 aliphatic heterocycles. The van der Waals surface area contributed by atoms with Crippen molar-refractivity contribution in [3.63, 3.8) is 0 Å². The van der Waals surface area contributed by atoms with Crippen LogP contribution in [0.2, 0.25) is 0 Å². The standard InChI is InChI=1S/C20H27N3O2/c1-22-13-10-21-19(25)20(22)8-11-23(12-9-20)18(24)17-7-6-15-4-2-3-5-16(15)14-17/h2-5,17H,6-14H2,1H3,(H,21,25). The Morgan fingerprint density at radius 2 is 1.88 bits per heavy atom. The summed E-state index contributed by atoms with van der Waals surface area (Å²) in [6, 6.07) is 8.48. The van der Waals surface area contributed by atoms with E-state index in [0.29, 0.717) is 13.1 Å². The Hall–Kier alpha value is -1.88. The Bertz CT molecular complexity index is 679. The van der Waals surface area contributed by atoms with Crippen LogP contribution in [-0.2, 0) is 22.4 Å². The number of piperidine rings is 1. The number of carbonyl (C=O) groups is 2. The Balaban J connectivity index is 1.41. The summed E-state index contributed by atoms with van der Waals surface area (Å²) in [7, 11) is 2.04. The maximum Gasteiger partial charge on any atom is 0.240 e. The molecule has 3 aliphatic rings. The molecule has 25 heavy (non-hydrogen) atoms. The Morgan fingerprint density at radius 3 is 2.60 bits per heavy atom. The van der Waals surface area contributed by atoms with Crippen LogP contribution in [0.1, 0.15) is 30.4 Å². The van der Waals surface area contributed by atoms with Crippen molar-refractivity contribution in [3.8, 4) is 0 Å². The van der Waals surface area contributed by atoms with Crippen LogP contribution in [0.25, 0.3) is 0 Å². The van der Waals surface area contributed by atoms with Crippen LogP contribution in [0.15, 0.2) is 24.3 Å². The molecule has 1 spiro atoms. The van der Waals surface area contributed by atoms with Crippen molar-refractivity contribution in [1.82, 2.24) is 15.1 Å². The molecular formula is C20H27N3O2. The highest BCUT2D eigenvalue weighted by Crippen LogP contribution is 2.32. The molecule has 2 fully saturated rings. The fourth-order valence-electron chi connectivity index (χ4n) is 4.76. The monoisotopic (exact) mass is 341 g/mol. The molecule has 0 bridgehead atoms. The van der Waals surface area contributed by atoms with Gasteiger partial charge in [0.15, 0.2) is 0 Å². The van der Waals surface area contributed by atoms with Crippen LogP contribution in [0, 0.1) is 5.92 Å². The fraction of sp³-hybridized carbons (Fsp3) is 0.600. The molecular weight excluding hydrogens is 314 g/mol. The number of hydrogen-bond acceptors (Lipinski definition) is 3. The third kappa shape index (κ3) is 2.84. The molecule has 5 nitrogen and oxygen atoms in total. The molecule has 1 aromatic rings. The zero-order valence-electron chi connectivity index (χ0n) is 15.0. The van der Waals surface area contributed by atoms with Crippen molar-refractivity contribution in [2.24, 2.45) is 5.92 Å². The first-order valence-electron chi connectivity index (χ1n) is 9.45. The van der Waals surface area contributed by atoms with Gasteiger partial charge in [0.05, 0.1) is 0 Å². The summed E-state index contributed by atoms with van der Waals surface area (Å²) in [5, 5.41) is 3.01.